The van der Waals surface area contributed by atoms with Crippen LogP contribution in [-0.2, 0) is 13.6 Å². The van der Waals surface area contributed by atoms with Gasteiger partial charge in [-0.3, -0.25) is 0 Å². The molecule has 1 aliphatic rings. The van der Waals surface area contributed by atoms with E-state index in [2.05, 4.69) is 58.6 Å². The molecule has 1 N–H and O–H groups in total. The van der Waals surface area contributed by atoms with Crippen LogP contribution in [0.15, 0.2) is 60.7 Å². The molecule has 0 unspecified atom stereocenters. The smallest absolute Gasteiger partial charge is 0.449 e. The van der Waals surface area contributed by atoms with E-state index in [1.165, 1.54) is 34.6 Å². The number of aromatic nitrogens is 3. The minimum absolute atomic E-state index is 0.284. The summed E-state index contributed by atoms with van der Waals surface area (Å²) in [6.07, 6.45) is 1.15. The molecule has 5 aromatic rings. The van der Waals surface area contributed by atoms with E-state index in [0.717, 1.165) is 29.0 Å². The number of aryl methyl sites for hydroxylation is 1. The van der Waals surface area contributed by atoms with Crippen LogP contribution in [0.5, 0.6) is 5.75 Å². The van der Waals surface area contributed by atoms with Gasteiger partial charge in [0.25, 0.3) is 0 Å². The van der Waals surface area contributed by atoms with Gasteiger partial charge in [-0.1, -0.05) is 18.2 Å². The minimum Gasteiger partial charge on any atom is -0.449 e. The number of fused-ring (bicyclic) bond motifs is 4. The largest absolute Gasteiger partial charge is 0.511 e. The van der Waals surface area contributed by atoms with Crippen molar-refractivity contribution in [1.29, 1.82) is 0 Å². The molecule has 0 aliphatic heterocycles. The third-order valence-electron chi connectivity index (χ3n) is 6.23. The van der Waals surface area contributed by atoms with E-state index < -0.39 is 6.16 Å². The predicted octanol–water partition coefficient (Wildman–Crippen LogP) is 5.82. The van der Waals surface area contributed by atoms with Crippen LogP contribution in [-0.4, -0.2) is 25.4 Å². The van der Waals surface area contributed by atoms with Gasteiger partial charge in [0.05, 0.1) is 11.0 Å². The number of rotatable bonds is 4. The Morgan fingerprint density at radius 3 is 2.61 bits per heavy atom. The second-order valence-electron chi connectivity index (χ2n) is 8.32. The fourth-order valence-electron chi connectivity index (χ4n) is 4.54. The molecule has 0 atom stereocenters. The molecule has 0 radical (unpaired) electrons. The summed E-state index contributed by atoms with van der Waals surface area (Å²) in [6.45, 7) is 0.915. The number of para-hydroxylation sites is 1. The molecule has 0 saturated heterocycles. The molecule has 3 aromatic carbocycles. The zero-order valence-electron chi connectivity index (χ0n) is 17.1. The van der Waals surface area contributed by atoms with Gasteiger partial charge in [-0.05, 0) is 55.2 Å². The second-order valence-corrected chi connectivity index (χ2v) is 8.32. The highest BCUT2D eigenvalue weighted by atomic mass is 16.7. The van der Waals surface area contributed by atoms with Crippen molar-refractivity contribution in [2.75, 3.05) is 0 Å². The van der Waals surface area contributed by atoms with Crippen LogP contribution in [0, 0.1) is 5.92 Å². The number of nitrogens with zero attached hydrogens (tertiary/aromatic N) is 3. The first-order chi connectivity index (χ1) is 15.1. The standard InChI is InChI=1S/C25H21N3O3/c1-27-21-5-3-2-4-18(21)19-12-16(8-10-22(19)27)24-26-20-13-17(31-25(29)30)9-11-23(20)28(24)14-15-6-7-15/h2-5,8-13,15H,6-7,14H2,1H3,(H,29,30). The average Bonchev–Trinajstić information content (AvgIpc) is 3.46. The molecule has 6 heteroatoms. The Bertz CT molecular complexity index is 1490. The molecule has 1 fully saturated rings. The molecule has 0 bridgehead atoms. The molecule has 31 heavy (non-hydrogen) atoms. The molecule has 1 aliphatic carbocycles. The molecule has 0 amide bonds. The summed E-state index contributed by atoms with van der Waals surface area (Å²) >= 11 is 0. The molecular formula is C25H21N3O3. The highest BCUT2D eigenvalue weighted by Crippen LogP contribution is 2.37. The Morgan fingerprint density at radius 2 is 1.81 bits per heavy atom. The number of ether oxygens (including phenoxy) is 1. The molecule has 2 aromatic heterocycles. The first-order valence-electron chi connectivity index (χ1n) is 10.5. The Balaban J connectivity index is 1.56. The number of carboxylic acid groups (broad SMARTS) is 1. The maximum Gasteiger partial charge on any atom is 0.511 e. The van der Waals surface area contributed by atoms with E-state index in [4.69, 9.17) is 14.8 Å². The lowest BCUT2D eigenvalue weighted by Crippen LogP contribution is -2.03. The minimum atomic E-state index is -1.32. The summed E-state index contributed by atoms with van der Waals surface area (Å²) in [5.41, 5.74) is 5.19. The monoisotopic (exact) mass is 411 g/mol. The maximum atomic E-state index is 10.9. The van der Waals surface area contributed by atoms with E-state index >= 15 is 0 Å². The van der Waals surface area contributed by atoms with Crippen LogP contribution in [0.4, 0.5) is 4.79 Å². The van der Waals surface area contributed by atoms with Gasteiger partial charge >= 0.3 is 6.16 Å². The van der Waals surface area contributed by atoms with Crippen molar-refractivity contribution in [3.8, 4) is 17.1 Å². The molecule has 2 heterocycles. The zero-order chi connectivity index (χ0) is 21.1. The van der Waals surface area contributed by atoms with Gasteiger partial charge in [-0.25, -0.2) is 9.78 Å². The van der Waals surface area contributed by atoms with Crippen molar-refractivity contribution >= 4 is 39.0 Å². The van der Waals surface area contributed by atoms with Gasteiger partial charge in [0.15, 0.2) is 0 Å². The molecule has 154 valence electrons. The van der Waals surface area contributed by atoms with Crippen molar-refractivity contribution in [3.63, 3.8) is 0 Å². The van der Waals surface area contributed by atoms with Crippen LogP contribution in [0.1, 0.15) is 12.8 Å². The number of imidazole rings is 1. The fraction of sp³-hybridized carbons (Fsp3) is 0.200. The zero-order valence-corrected chi connectivity index (χ0v) is 17.1. The summed E-state index contributed by atoms with van der Waals surface area (Å²) in [6, 6.07) is 20.2. The normalized spacial score (nSPS) is 14.0. The summed E-state index contributed by atoms with van der Waals surface area (Å²) in [5, 5.41) is 11.4. The van der Waals surface area contributed by atoms with Crippen molar-refractivity contribution in [3.05, 3.63) is 60.7 Å². The molecule has 0 spiro atoms. The number of benzene rings is 3. The molecule has 6 rings (SSSR count). The van der Waals surface area contributed by atoms with Gasteiger partial charge in [0.2, 0.25) is 0 Å². The van der Waals surface area contributed by atoms with Crippen molar-refractivity contribution in [2.45, 2.75) is 19.4 Å². The van der Waals surface area contributed by atoms with Crippen LogP contribution >= 0.6 is 0 Å². The van der Waals surface area contributed by atoms with E-state index in [-0.39, 0.29) is 5.75 Å². The van der Waals surface area contributed by atoms with Crippen molar-refractivity contribution < 1.29 is 14.6 Å². The highest BCUT2D eigenvalue weighted by Gasteiger charge is 2.25. The quantitative estimate of drug-likeness (QED) is 0.299. The van der Waals surface area contributed by atoms with Gasteiger partial charge < -0.3 is 19.0 Å². The molecule has 6 nitrogen and oxygen atoms in total. The molecule has 1 saturated carbocycles. The topological polar surface area (TPSA) is 69.3 Å². The summed E-state index contributed by atoms with van der Waals surface area (Å²) < 4.78 is 9.33. The van der Waals surface area contributed by atoms with Gasteiger partial charge in [-0.15, -0.1) is 0 Å². The van der Waals surface area contributed by atoms with Crippen LogP contribution in [0.25, 0.3) is 44.2 Å². The van der Waals surface area contributed by atoms with Crippen LogP contribution in [0.2, 0.25) is 0 Å². The Morgan fingerprint density at radius 1 is 1.03 bits per heavy atom. The number of hydrogen-bond donors (Lipinski definition) is 1. The Kier molecular flexibility index (Phi) is 3.84. The lowest BCUT2D eigenvalue weighted by molar-refractivity contribution is 0.144. The first kappa shape index (κ1) is 18.0. The fourth-order valence-corrected chi connectivity index (χ4v) is 4.54. The van der Waals surface area contributed by atoms with E-state index in [0.29, 0.717) is 5.92 Å². The van der Waals surface area contributed by atoms with Gasteiger partial charge in [0, 0.05) is 47.0 Å². The predicted molar refractivity (Wildman–Crippen MR) is 121 cm³/mol. The third kappa shape index (κ3) is 2.94. The van der Waals surface area contributed by atoms with Crippen molar-refractivity contribution in [2.24, 2.45) is 13.0 Å². The summed E-state index contributed by atoms with van der Waals surface area (Å²) in [4.78, 5) is 15.8. The Labute approximate surface area is 178 Å². The van der Waals surface area contributed by atoms with E-state index in [9.17, 15) is 4.79 Å². The maximum absolute atomic E-state index is 10.9. The Hall–Kier alpha value is -3.80. The van der Waals surface area contributed by atoms with Gasteiger partial charge in [-0.2, -0.15) is 0 Å². The molecular weight excluding hydrogens is 390 g/mol. The number of hydrogen-bond acceptors (Lipinski definition) is 3. The van der Waals surface area contributed by atoms with Gasteiger partial charge in [0.1, 0.15) is 11.6 Å². The summed E-state index contributed by atoms with van der Waals surface area (Å²) in [5.74, 6) is 1.86. The SMILES string of the molecule is Cn1c2ccccc2c2cc(-c3nc4cc(OC(=O)O)ccc4n3CC3CC3)ccc21. The average molecular weight is 411 g/mol. The van der Waals surface area contributed by atoms with Crippen LogP contribution in [0.3, 0.4) is 0 Å². The van der Waals surface area contributed by atoms with Crippen molar-refractivity contribution in [1.82, 2.24) is 14.1 Å². The lowest BCUT2D eigenvalue weighted by Gasteiger charge is -2.09. The van der Waals surface area contributed by atoms with Crippen LogP contribution < -0.4 is 4.74 Å². The first-order valence-corrected chi connectivity index (χ1v) is 10.5. The summed E-state index contributed by atoms with van der Waals surface area (Å²) in [7, 11) is 2.09. The number of carbonyl (C=O) groups is 1. The van der Waals surface area contributed by atoms with E-state index in [1.807, 2.05) is 6.07 Å². The lowest BCUT2D eigenvalue weighted by atomic mass is 10.1. The van der Waals surface area contributed by atoms with E-state index in [1.54, 1.807) is 12.1 Å². The third-order valence-corrected chi connectivity index (χ3v) is 6.23. The highest BCUT2D eigenvalue weighted by molar-refractivity contribution is 6.09. The second kappa shape index (κ2) is 6.60.